The molecule has 100 valence electrons. The lowest BCUT2D eigenvalue weighted by molar-refractivity contribution is -0.115. The molecule has 3 nitrogen and oxygen atoms in total. The number of carbonyl (C=O) groups is 1. The highest BCUT2D eigenvalue weighted by Gasteiger charge is 2.10. The summed E-state index contributed by atoms with van der Waals surface area (Å²) in [5, 5.41) is 3.91. The molecular weight excluding hydrogens is 324 g/mol. The van der Waals surface area contributed by atoms with Crippen molar-refractivity contribution in [1.82, 2.24) is 4.98 Å². The quantitative estimate of drug-likeness (QED) is 0.918. The van der Waals surface area contributed by atoms with Crippen LogP contribution in [0.25, 0.3) is 0 Å². The zero-order valence-electron chi connectivity index (χ0n) is 11.1. The van der Waals surface area contributed by atoms with E-state index in [0.29, 0.717) is 6.42 Å². The topological polar surface area (TPSA) is 42.0 Å². The fourth-order valence-electron chi connectivity index (χ4n) is 1.81. The largest absolute Gasteiger partial charge is 0.326 e. The Balaban J connectivity index is 2.05. The minimum Gasteiger partial charge on any atom is -0.326 e. The van der Waals surface area contributed by atoms with Crippen LogP contribution in [0.5, 0.6) is 0 Å². The van der Waals surface area contributed by atoms with Gasteiger partial charge in [-0.05, 0) is 44.5 Å². The second-order valence-corrected chi connectivity index (χ2v) is 6.57. The molecule has 1 aromatic heterocycles. The Kier molecular flexibility index (Phi) is 4.37. The van der Waals surface area contributed by atoms with Gasteiger partial charge in [0.25, 0.3) is 0 Å². The van der Waals surface area contributed by atoms with Gasteiger partial charge >= 0.3 is 0 Å². The maximum atomic E-state index is 12.0. The van der Waals surface area contributed by atoms with Crippen LogP contribution in [0.1, 0.15) is 21.1 Å². The number of nitrogens with zero attached hydrogens (tertiary/aromatic N) is 1. The number of anilines is 1. The summed E-state index contributed by atoms with van der Waals surface area (Å²) in [6, 6.07) is 5.78. The van der Waals surface area contributed by atoms with E-state index in [0.717, 1.165) is 31.3 Å². The highest BCUT2D eigenvalue weighted by molar-refractivity contribution is 9.10. The van der Waals surface area contributed by atoms with E-state index >= 15 is 0 Å². The molecule has 1 aromatic carbocycles. The van der Waals surface area contributed by atoms with E-state index in [-0.39, 0.29) is 5.91 Å². The molecule has 0 aliphatic heterocycles. The first kappa shape index (κ1) is 14.2. The van der Waals surface area contributed by atoms with Gasteiger partial charge in [-0.15, -0.1) is 11.3 Å². The van der Waals surface area contributed by atoms with Gasteiger partial charge in [0.05, 0.1) is 17.1 Å². The number of aryl methyl sites for hydroxylation is 3. The van der Waals surface area contributed by atoms with Crippen LogP contribution in [0.3, 0.4) is 0 Å². The molecule has 5 heteroatoms. The zero-order chi connectivity index (χ0) is 14.0. The lowest BCUT2D eigenvalue weighted by Gasteiger charge is -2.06. The average molecular weight is 339 g/mol. The molecule has 0 atom stereocenters. The standard InChI is InChI=1S/C14H15BrN2OS/c1-8-6-11(4-5-12(8)15)17-14(18)7-13-9(2)16-10(3)19-13/h4-6H,7H2,1-3H3,(H,17,18). The van der Waals surface area contributed by atoms with Gasteiger partial charge in [0.2, 0.25) is 5.91 Å². The molecule has 0 aliphatic carbocycles. The number of benzene rings is 1. The highest BCUT2D eigenvalue weighted by Crippen LogP contribution is 2.21. The zero-order valence-corrected chi connectivity index (χ0v) is 13.5. The molecule has 0 aliphatic rings. The van der Waals surface area contributed by atoms with Crippen LogP contribution < -0.4 is 5.32 Å². The molecular formula is C14H15BrN2OS. The predicted molar refractivity (Wildman–Crippen MR) is 82.8 cm³/mol. The van der Waals surface area contributed by atoms with Gasteiger partial charge < -0.3 is 5.32 Å². The average Bonchev–Trinajstić information content (AvgIpc) is 2.62. The van der Waals surface area contributed by atoms with Crippen LogP contribution >= 0.6 is 27.3 Å². The Bertz CT molecular complexity index is 622. The van der Waals surface area contributed by atoms with Gasteiger partial charge in [-0.3, -0.25) is 4.79 Å². The summed E-state index contributed by atoms with van der Waals surface area (Å²) in [7, 11) is 0. The second kappa shape index (κ2) is 5.84. The van der Waals surface area contributed by atoms with E-state index in [1.165, 1.54) is 0 Å². The number of rotatable bonds is 3. The number of halogens is 1. The first-order valence-corrected chi connectivity index (χ1v) is 7.55. The van der Waals surface area contributed by atoms with Crippen molar-refractivity contribution in [1.29, 1.82) is 0 Å². The third kappa shape index (κ3) is 3.64. The third-order valence-electron chi connectivity index (χ3n) is 2.76. The predicted octanol–water partition coefficient (Wildman–Crippen LogP) is 4.01. The number of carbonyl (C=O) groups excluding carboxylic acids is 1. The summed E-state index contributed by atoms with van der Waals surface area (Å²) in [4.78, 5) is 17.4. The highest BCUT2D eigenvalue weighted by atomic mass is 79.9. The summed E-state index contributed by atoms with van der Waals surface area (Å²) >= 11 is 5.02. The minimum absolute atomic E-state index is 0.00604. The van der Waals surface area contributed by atoms with Gasteiger partial charge in [-0.25, -0.2) is 4.98 Å². The van der Waals surface area contributed by atoms with Crippen LogP contribution in [0.15, 0.2) is 22.7 Å². The van der Waals surface area contributed by atoms with Crippen molar-refractivity contribution >= 4 is 38.9 Å². The molecule has 1 amide bonds. The molecule has 0 fully saturated rings. The molecule has 2 aromatic rings. The number of hydrogen-bond donors (Lipinski definition) is 1. The van der Waals surface area contributed by atoms with Crippen molar-refractivity contribution in [3.63, 3.8) is 0 Å². The van der Waals surface area contributed by atoms with Crippen molar-refractivity contribution < 1.29 is 4.79 Å². The first-order chi connectivity index (χ1) is 8.95. The Morgan fingerprint density at radius 2 is 2.11 bits per heavy atom. The smallest absolute Gasteiger partial charge is 0.229 e. The van der Waals surface area contributed by atoms with E-state index in [2.05, 4.69) is 26.2 Å². The second-order valence-electron chi connectivity index (χ2n) is 4.43. The summed E-state index contributed by atoms with van der Waals surface area (Å²) in [6.07, 6.45) is 0.381. The van der Waals surface area contributed by atoms with Gasteiger partial charge in [0.1, 0.15) is 0 Å². The normalized spacial score (nSPS) is 10.5. The lowest BCUT2D eigenvalue weighted by atomic mass is 10.2. The summed E-state index contributed by atoms with van der Waals surface area (Å²) < 4.78 is 1.04. The van der Waals surface area contributed by atoms with Crippen molar-refractivity contribution in [2.75, 3.05) is 5.32 Å². The molecule has 0 unspecified atom stereocenters. The summed E-state index contributed by atoms with van der Waals surface area (Å²) in [6.45, 7) is 5.89. The lowest BCUT2D eigenvalue weighted by Crippen LogP contribution is -2.14. The number of aromatic nitrogens is 1. The van der Waals surface area contributed by atoms with Crippen LogP contribution in [0.4, 0.5) is 5.69 Å². The Labute approximate surface area is 125 Å². The molecule has 19 heavy (non-hydrogen) atoms. The van der Waals surface area contributed by atoms with Crippen LogP contribution in [0, 0.1) is 20.8 Å². The molecule has 0 spiro atoms. The third-order valence-corrected chi connectivity index (χ3v) is 4.73. The molecule has 2 rings (SSSR count). The molecule has 0 bridgehead atoms. The van der Waals surface area contributed by atoms with Crippen LogP contribution in [0.2, 0.25) is 0 Å². The molecule has 0 radical (unpaired) electrons. The van der Waals surface area contributed by atoms with Crippen molar-refractivity contribution in [2.24, 2.45) is 0 Å². The van der Waals surface area contributed by atoms with E-state index in [1.54, 1.807) is 11.3 Å². The Morgan fingerprint density at radius 1 is 1.37 bits per heavy atom. The molecule has 0 saturated heterocycles. The van der Waals surface area contributed by atoms with Gasteiger partial charge in [-0.2, -0.15) is 0 Å². The Hall–Kier alpha value is -1.20. The fourth-order valence-corrected chi connectivity index (χ4v) is 2.99. The minimum atomic E-state index is -0.00604. The van der Waals surface area contributed by atoms with Crippen LogP contribution in [-0.2, 0) is 11.2 Å². The SMILES string of the molecule is Cc1nc(C)c(CC(=O)Nc2ccc(Br)c(C)c2)s1. The summed E-state index contributed by atoms with van der Waals surface area (Å²) in [5.41, 5.74) is 2.87. The fraction of sp³-hybridized carbons (Fsp3) is 0.286. The van der Waals surface area contributed by atoms with E-state index < -0.39 is 0 Å². The van der Waals surface area contributed by atoms with Crippen molar-refractivity contribution in [2.45, 2.75) is 27.2 Å². The van der Waals surface area contributed by atoms with Crippen molar-refractivity contribution in [3.05, 3.63) is 43.8 Å². The van der Waals surface area contributed by atoms with Gasteiger partial charge in [0, 0.05) is 15.0 Å². The van der Waals surface area contributed by atoms with Gasteiger partial charge in [0.15, 0.2) is 0 Å². The number of hydrogen-bond acceptors (Lipinski definition) is 3. The van der Waals surface area contributed by atoms with E-state index in [4.69, 9.17) is 0 Å². The maximum Gasteiger partial charge on any atom is 0.229 e. The summed E-state index contributed by atoms with van der Waals surface area (Å²) in [5.74, 6) is -0.00604. The van der Waals surface area contributed by atoms with Gasteiger partial charge in [-0.1, -0.05) is 15.9 Å². The molecule has 1 heterocycles. The Morgan fingerprint density at radius 3 is 2.68 bits per heavy atom. The number of nitrogens with one attached hydrogen (secondary N) is 1. The molecule has 0 saturated carbocycles. The number of amides is 1. The first-order valence-electron chi connectivity index (χ1n) is 5.94. The van der Waals surface area contributed by atoms with E-state index in [1.807, 2.05) is 39.0 Å². The van der Waals surface area contributed by atoms with Crippen molar-refractivity contribution in [3.8, 4) is 0 Å². The monoisotopic (exact) mass is 338 g/mol. The van der Waals surface area contributed by atoms with Crippen LogP contribution in [-0.4, -0.2) is 10.9 Å². The molecule has 1 N–H and O–H groups in total. The number of thiazole rings is 1. The van der Waals surface area contributed by atoms with E-state index in [9.17, 15) is 4.79 Å². The maximum absolute atomic E-state index is 12.0.